The lowest BCUT2D eigenvalue weighted by molar-refractivity contribution is -0.119. The molecule has 26 heavy (non-hydrogen) atoms. The largest absolute Gasteiger partial charge is 0.452 e. The summed E-state index contributed by atoms with van der Waals surface area (Å²) in [5.74, 6) is -1.40. The first-order chi connectivity index (χ1) is 12.6. The quantitative estimate of drug-likeness (QED) is 0.422. The first kappa shape index (κ1) is 17.8. The van der Waals surface area contributed by atoms with Crippen LogP contribution in [-0.4, -0.2) is 24.7 Å². The Kier molecular flexibility index (Phi) is 5.38. The fourth-order valence-electron chi connectivity index (χ4n) is 2.35. The number of nitrogens with one attached hydrogen (secondary N) is 1. The minimum absolute atomic E-state index is 0.249. The van der Waals surface area contributed by atoms with E-state index in [9.17, 15) is 14.4 Å². The average molecular weight is 369 g/mol. The van der Waals surface area contributed by atoms with Gasteiger partial charge in [0, 0.05) is 10.3 Å². The van der Waals surface area contributed by atoms with Gasteiger partial charge in [0.1, 0.15) is 11.1 Å². The molecule has 0 saturated heterocycles. The van der Waals surface area contributed by atoms with Crippen molar-refractivity contribution in [3.05, 3.63) is 70.6 Å². The van der Waals surface area contributed by atoms with E-state index in [0.717, 1.165) is 4.90 Å². The summed E-state index contributed by atoms with van der Waals surface area (Å²) in [4.78, 5) is 37.0. The Bertz CT molecular complexity index is 1030. The normalized spacial score (nSPS) is 10.5. The lowest BCUT2D eigenvalue weighted by atomic mass is 10.2. The second kappa shape index (κ2) is 7.88. The minimum Gasteiger partial charge on any atom is -0.452 e. The molecule has 132 valence electrons. The van der Waals surface area contributed by atoms with E-state index in [0.29, 0.717) is 16.7 Å². The summed E-state index contributed by atoms with van der Waals surface area (Å²) in [5, 5.41) is 3.27. The fourth-order valence-corrected chi connectivity index (χ4v) is 2.90. The highest BCUT2D eigenvalue weighted by atomic mass is 32.2. The summed E-state index contributed by atoms with van der Waals surface area (Å²) in [6.45, 7) is -0.506. The van der Waals surface area contributed by atoms with Crippen molar-refractivity contribution in [1.82, 2.24) is 0 Å². The summed E-state index contributed by atoms with van der Waals surface area (Å²) >= 11 is 1.49. The number of ether oxygens (including phenoxy) is 1. The third-order valence-electron chi connectivity index (χ3n) is 3.58. The summed E-state index contributed by atoms with van der Waals surface area (Å²) in [5.41, 5.74) is -0.0467. The molecule has 0 unspecified atom stereocenters. The van der Waals surface area contributed by atoms with E-state index in [1.807, 2.05) is 18.4 Å². The SMILES string of the molecule is CSc1ccccc1NC(=O)COC(=O)c1cc2ccccc2oc1=O. The Morgan fingerprint density at radius 2 is 1.85 bits per heavy atom. The molecule has 0 saturated carbocycles. The standard InChI is InChI=1S/C19H15NO5S/c1-26-16-9-5-3-7-14(16)20-17(21)11-24-18(22)13-10-12-6-2-4-8-15(12)25-19(13)23/h2-10H,11H2,1H3,(H,20,21). The third kappa shape index (κ3) is 3.94. The molecule has 3 rings (SSSR count). The van der Waals surface area contributed by atoms with Gasteiger partial charge in [-0.1, -0.05) is 30.3 Å². The number of para-hydroxylation sites is 2. The van der Waals surface area contributed by atoms with E-state index in [2.05, 4.69) is 5.32 Å². The van der Waals surface area contributed by atoms with Gasteiger partial charge in [0.15, 0.2) is 6.61 Å². The maximum absolute atomic E-state index is 12.1. The molecule has 0 spiro atoms. The van der Waals surface area contributed by atoms with E-state index in [-0.39, 0.29) is 5.56 Å². The van der Waals surface area contributed by atoms with Gasteiger partial charge in [-0.25, -0.2) is 9.59 Å². The van der Waals surface area contributed by atoms with Gasteiger partial charge in [0.2, 0.25) is 0 Å². The van der Waals surface area contributed by atoms with E-state index >= 15 is 0 Å². The van der Waals surface area contributed by atoms with Crippen LogP contribution in [0.15, 0.2) is 68.7 Å². The van der Waals surface area contributed by atoms with Crippen LogP contribution in [-0.2, 0) is 9.53 Å². The Morgan fingerprint density at radius 3 is 2.65 bits per heavy atom. The molecular weight excluding hydrogens is 354 g/mol. The average Bonchev–Trinajstić information content (AvgIpc) is 2.66. The van der Waals surface area contributed by atoms with Gasteiger partial charge in [0.05, 0.1) is 5.69 Å². The molecule has 6 nitrogen and oxygen atoms in total. The second-order valence-electron chi connectivity index (χ2n) is 5.31. The molecule has 0 atom stereocenters. The summed E-state index contributed by atoms with van der Waals surface area (Å²) in [6, 6.07) is 15.5. The van der Waals surface area contributed by atoms with Crippen molar-refractivity contribution in [3.8, 4) is 0 Å². The van der Waals surface area contributed by atoms with E-state index in [4.69, 9.17) is 9.15 Å². The highest BCUT2D eigenvalue weighted by molar-refractivity contribution is 7.98. The van der Waals surface area contributed by atoms with Crippen LogP contribution in [0.1, 0.15) is 10.4 Å². The van der Waals surface area contributed by atoms with Crippen molar-refractivity contribution >= 4 is 40.3 Å². The van der Waals surface area contributed by atoms with Crippen LogP contribution in [0.3, 0.4) is 0 Å². The summed E-state index contributed by atoms with van der Waals surface area (Å²) < 4.78 is 10.0. The van der Waals surface area contributed by atoms with Crippen LogP contribution < -0.4 is 10.9 Å². The van der Waals surface area contributed by atoms with Crippen molar-refractivity contribution in [1.29, 1.82) is 0 Å². The van der Waals surface area contributed by atoms with Crippen LogP contribution in [0, 0.1) is 0 Å². The van der Waals surface area contributed by atoms with E-state index in [1.165, 1.54) is 17.8 Å². The molecule has 1 aromatic heterocycles. The molecule has 0 bridgehead atoms. The predicted molar refractivity (Wildman–Crippen MR) is 99.6 cm³/mol. The number of rotatable bonds is 5. The molecule has 7 heteroatoms. The molecule has 1 heterocycles. The van der Waals surface area contributed by atoms with E-state index in [1.54, 1.807) is 36.4 Å². The van der Waals surface area contributed by atoms with Crippen molar-refractivity contribution in [3.63, 3.8) is 0 Å². The topological polar surface area (TPSA) is 85.6 Å². The van der Waals surface area contributed by atoms with Gasteiger partial charge in [-0.05, 0) is 30.5 Å². The molecule has 1 N–H and O–H groups in total. The smallest absolute Gasteiger partial charge is 0.351 e. The zero-order valence-electron chi connectivity index (χ0n) is 13.9. The Balaban J connectivity index is 1.68. The molecule has 0 fully saturated rings. The van der Waals surface area contributed by atoms with Crippen LogP contribution in [0.5, 0.6) is 0 Å². The summed E-state index contributed by atoms with van der Waals surface area (Å²) in [7, 11) is 0. The van der Waals surface area contributed by atoms with Crippen molar-refractivity contribution in [2.45, 2.75) is 4.90 Å². The van der Waals surface area contributed by atoms with Gasteiger partial charge in [-0.3, -0.25) is 4.79 Å². The zero-order chi connectivity index (χ0) is 18.5. The zero-order valence-corrected chi connectivity index (χ0v) is 14.7. The molecule has 2 aromatic carbocycles. The first-order valence-corrected chi connectivity index (χ1v) is 8.94. The number of carbonyl (C=O) groups excluding carboxylic acids is 2. The lowest BCUT2D eigenvalue weighted by Gasteiger charge is -2.09. The first-order valence-electron chi connectivity index (χ1n) is 7.71. The van der Waals surface area contributed by atoms with Crippen LogP contribution in [0.25, 0.3) is 11.0 Å². The molecule has 1 amide bonds. The molecule has 0 aliphatic carbocycles. The van der Waals surface area contributed by atoms with Crippen LogP contribution >= 0.6 is 11.8 Å². The van der Waals surface area contributed by atoms with Gasteiger partial charge >= 0.3 is 11.6 Å². The van der Waals surface area contributed by atoms with Crippen molar-refractivity contribution in [2.24, 2.45) is 0 Å². The lowest BCUT2D eigenvalue weighted by Crippen LogP contribution is -2.23. The fraction of sp³-hybridized carbons (Fsp3) is 0.105. The number of carbonyl (C=O) groups is 2. The van der Waals surface area contributed by atoms with Gasteiger partial charge in [0.25, 0.3) is 5.91 Å². The molecule has 0 radical (unpaired) electrons. The van der Waals surface area contributed by atoms with Crippen molar-refractivity contribution < 1.29 is 18.7 Å². The second-order valence-corrected chi connectivity index (χ2v) is 6.16. The number of benzene rings is 2. The monoisotopic (exact) mass is 369 g/mol. The summed E-state index contributed by atoms with van der Waals surface area (Å²) in [6.07, 6.45) is 1.89. The number of hydrogen-bond acceptors (Lipinski definition) is 6. The minimum atomic E-state index is -0.905. The molecule has 0 aliphatic rings. The predicted octanol–water partition coefficient (Wildman–Crippen LogP) is 3.31. The van der Waals surface area contributed by atoms with Gasteiger partial charge in [-0.15, -0.1) is 11.8 Å². The Morgan fingerprint density at radius 1 is 1.12 bits per heavy atom. The number of amides is 1. The number of anilines is 1. The number of fused-ring (bicyclic) bond motifs is 1. The van der Waals surface area contributed by atoms with Gasteiger partial charge in [-0.2, -0.15) is 0 Å². The number of thioether (sulfide) groups is 1. The van der Waals surface area contributed by atoms with Crippen LogP contribution in [0.4, 0.5) is 5.69 Å². The number of hydrogen-bond donors (Lipinski definition) is 1. The van der Waals surface area contributed by atoms with Gasteiger partial charge < -0.3 is 14.5 Å². The highest BCUT2D eigenvalue weighted by Crippen LogP contribution is 2.24. The maximum Gasteiger partial charge on any atom is 0.351 e. The van der Waals surface area contributed by atoms with E-state index < -0.39 is 24.1 Å². The number of esters is 1. The third-order valence-corrected chi connectivity index (χ3v) is 4.37. The molecular formula is C19H15NO5S. The highest BCUT2D eigenvalue weighted by Gasteiger charge is 2.17. The van der Waals surface area contributed by atoms with Crippen LogP contribution in [0.2, 0.25) is 0 Å². The molecule has 0 aliphatic heterocycles. The Labute approximate surface area is 153 Å². The molecule has 3 aromatic rings. The van der Waals surface area contributed by atoms with Crippen molar-refractivity contribution in [2.75, 3.05) is 18.2 Å². The Hall–Kier alpha value is -3.06. The maximum atomic E-state index is 12.1.